The Labute approximate surface area is 331 Å². The van der Waals surface area contributed by atoms with Crippen LogP contribution in [0.1, 0.15) is 0 Å². The van der Waals surface area contributed by atoms with Gasteiger partial charge in [0.05, 0.1) is 33.3 Å². The molecule has 0 N–H and O–H groups in total. The molecule has 0 bridgehead atoms. The molecule has 0 spiro atoms. The molecule has 12 aromatic rings. The van der Waals surface area contributed by atoms with Crippen molar-refractivity contribution < 1.29 is 0 Å². The summed E-state index contributed by atoms with van der Waals surface area (Å²) in [6, 6.07) is 66.2. The van der Waals surface area contributed by atoms with Gasteiger partial charge < -0.3 is 4.57 Å². The van der Waals surface area contributed by atoms with E-state index >= 15 is 0 Å². The molecule has 0 radical (unpaired) electrons. The van der Waals surface area contributed by atoms with Gasteiger partial charge in [0.25, 0.3) is 0 Å². The number of para-hydroxylation sites is 1. The fourth-order valence-corrected chi connectivity index (χ4v) is 10.3. The van der Waals surface area contributed by atoms with Crippen LogP contribution in [-0.4, -0.2) is 19.1 Å². The Balaban J connectivity index is 1.04. The van der Waals surface area contributed by atoms with Crippen LogP contribution < -0.4 is 0 Å². The zero-order valence-electron chi connectivity index (χ0n) is 30.5. The maximum Gasteiger partial charge on any atom is 0.235 e. The molecule has 264 valence electrons. The van der Waals surface area contributed by atoms with Gasteiger partial charge in [-0.15, -0.1) is 0 Å². The Bertz CT molecular complexity index is 3690. The fourth-order valence-electron chi connectivity index (χ4n) is 9.24. The van der Waals surface area contributed by atoms with Crippen molar-refractivity contribution in [3.8, 4) is 34.0 Å². The van der Waals surface area contributed by atoms with Gasteiger partial charge in [-0.2, -0.15) is 0 Å². The van der Waals surface area contributed by atoms with Crippen molar-refractivity contribution in [3.63, 3.8) is 0 Å². The van der Waals surface area contributed by atoms with Crippen LogP contribution in [0.3, 0.4) is 0 Å². The van der Waals surface area contributed by atoms with Crippen molar-refractivity contribution >= 4 is 87.8 Å². The zero-order chi connectivity index (χ0) is 37.2. The molecule has 0 saturated heterocycles. The Morgan fingerprint density at radius 2 is 1.02 bits per heavy atom. The molecule has 1 aliphatic heterocycles. The summed E-state index contributed by atoms with van der Waals surface area (Å²) in [4.78, 5) is 13.1. The van der Waals surface area contributed by atoms with Gasteiger partial charge in [-0.05, 0) is 105 Å². The van der Waals surface area contributed by atoms with Crippen LogP contribution in [0, 0.1) is 0 Å². The van der Waals surface area contributed by atoms with Gasteiger partial charge in [0.2, 0.25) is 5.95 Å². The molecule has 0 atom stereocenters. The summed E-state index contributed by atoms with van der Waals surface area (Å²) in [6.45, 7) is 0. The van der Waals surface area contributed by atoms with Crippen LogP contribution in [0.25, 0.3) is 110 Å². The first-order valence-electron chi connectivity index (χ1n) is 19.3. The number of fused-ring (bicyclic) bond motifs is 10. The molecular weight excluding hydrogens is 713 g/mol. The van der Waals surface area contributed by atoms with Crippen LogP contribution >= 0.6 is 11.8 Å². The SMILES string of the molecule is c1ccc2c(c1)Sc1cccc3nc(-n4c5ccc(-c6ccc7c(c6)c6ccccc6n7-c6ccc7ccccc7c6)cc5c5cc6ccccc6cc54)nc-2c13. The minimum absolute atomic E-state index is 0.683. The predicted molar refractivity (Wildman–Crippen MR) is 238 cm³/mol. The van der Waals surface area contributed by atoms with Crippen molar-refractivity contribution in [1.82, 2.24) is 19.1 Å². The molecule has 57 heavy (non-hydrogen) atoms. The molecule has 9 aromatic carbocycles. The van der Waals surface area contributed by atoms with Crippen LogP contribution in [0.15, 0.2) is 192 Å². The quantitative estimate of drug-likeness (QED) is 0.181. The summed E-state index contributed by atoms with van der Waals surface area (Å²) >= 11 is 1.80. The lowest BCUT2D eigenvalue weighted by Crippen LogP contribution is -2.05. The van der Waals surface area contributed by atoms with E-state index in [2.05, 4.69) is 191 Å². The zero-order valence-corrected chi connectivity index (χ0v) is 31.3. The predicted octanol–water partition coefficient (Wildman–Crippen LogP) is 13.9. The molecule has 0 fully saturated rings. The van der Waals surface area contributed by atoms with Gasteiger partial charge >= 0.3 is 0 Å². The molecular formula is C52H30N4S. The lowest BCUT2D eigenvalue weighted by atomic mass is 10.00. The Morgan fingerprint density at radius 3 is 1.86 bits per heavy atom. The topological polar surface area (TPSA) is 35.6 Å². The van der Waals surface area contributed by atoms with Crippen molar-refractivity contribution in [3.05, 3.63) is 182 Å². The summed E-state index contributed by atoms with van der Waals surface area (Å²) in [6.07, 6.45) is 0. The van der Waals surface area contributed by atoms with Gasteiger partial charge in [-0.1, -0.05) is 121 Å². The lowest BCUT2D eigenvalue weighted by Gasteiger charge is -2.20. The van der Waals surface area contributed by atoms with E-state index in [9.17, 15) is 0 Å². The van der Waals surface area contributed by atoms with Gasteiger partial charge in [0.1, 0.15) is 0 Å². The average Bonchev–Trinajstić information content (AvgIpc) is 3.77. The first kappa shape index (κ1) is 31.0. The number of rotatable bonds is 3. The first-order chi connectivity index (χ1) is 28.2. The van der Waals surface area contributed by atoms with Crippen LogP contribution in [0.5, 0.6) is 0 Å². The highest BCUT2D eigenvalue weighted by molar-refractivity contribution is 7.99. The standard InChI is InChI=1S/C52H30N4S/c1-2-11-32-26-37(23-20-31(32)10-1)55-44-17-7-5-14-38(44)40-28-35(21-24-45(40)55)36-22-25-46-41(29-36)42-27-33-12-3-4-13-34(33)30-47(42)56(46)52-53-43-16-9-19-49-50(43)51(54-52)39-15-6-8-18-48(39)57-49/h1-30H. The molecule has 0 aliphatic carbocycles. The smallest absolute Gasteiger partial charge is 0.235 e. The summed E-state index contributed by atoms with van der Waals surface area (Å²) < 4.78 is 4.67. The third-order valence-corrected chi connectivity index (χ3v) is 13.0. The number of aromatic nitrogens is 4. The number of hydrogen-bond donors (Lipinski definition) is 0. The van der Waals surface area contributed by atoms with E-state index in [0.717, 1.165) is 38.9 Å². The van der Waals surface area contributed by atoms with E-state index in [1.54, 1.807) is 11.8 Å². The van der Waals surface area contributed by atoms with Gasteiger partial charge in [-0.25, -0.2) is 9.97 Å². The van der Waals surface area contributed by atoms with E-state index in [1.165, 1.54) is 75.0 Å². The molecule has 13 rings (SSSR count). The summed E-state index contributed by atoms with van der Waals surface area (Å²) in [5.41, 5.74) is 11.2. The second-order valence-corrected chi connectivity index (χ2v) is 16.1. The van der Waals surface area contributed by atoms with E-state index < -0.39 is 0 Å². The highest BCUT2D eigenvalue weighted by Gasteiger charge is 2.24. The molecule has 0 saturated carbocycles. The minimum atomic E-state index is 0.683. The van der Waals surface area contributed by atoms with E-state index in [1.807, 2.05) is 0 Å². The molecule has 4 nitrogen and oxygen atoms in total. The Morgan fingerprint density at radius 1 is 0.386 bits per heavy atom. The minimum Gasteiger partial charge on any atom is -0.309 e. The first-order valence-corrected chi connectivity index (χ1v) is 20.1. The molecule has 3 aromatic heterocycles. The van der Waals surface area contributed by atoms with Crippen LogP contribution in [0.4, 0.5) is 0 Å². The van der Waals surface area contributed by atoms with Crippen molar-refractivity contribution in [2.24, 2.45) is 0 Å². The van der Waals surface area contributed by atoms with Crippen LogP contribution in [-0.2, 0) is 0 Å². The largest absolute Gasteiger partial charge is 0.309 e. The molecule has 1 aliphatic rings. The normalized spacial score (nSPS) is 12.5. The van der Waals surface area contributed by atoms with E-state index in [4.69, 9.17) is 9.97 Å². The van der Waals surface area contributed by atoms with Crippen LogP contribution in [0.2, 0.25) is 0 Å². The fraction of sp³-hybridized carbons (Fsp3) is 0. The number of benzene rings is 9. The average molecular weight is 743 g/mol. The van der Waals surface area contributed by atoms with Gasteiger partial charge in [0.15, 0.2) is 0 Å². The highest BCUT2D eigenvalue weighted by atomic mass is 32.2. The summed E-state index contributed by atoms with van der Waals surface area (Å²) in [7, 11) is 0. The van der Waals surface area contributed by atoms with Gasteiger partial charge in [-0.3, -0.25) is 4.57 Å². The Kier molecular flexibility index (Phi) is 6.35. The maximum absolute atomic E-state index is 5.42. The highest BCUT2D eigenvalue weighted by Crippen LogP contribution is 2.47. The van der Waals surface area contributed by atoms with Crippen molar-refractivity contribution in [1.29, 1.82) is 0 Å². The lowest BCUT2D eigenvalue weighted by molar-refractivity contribution is 1.01. The third-order valence-electron chi connectivity index (χ3n) is 11.9. The number of nitrogens with zero attached hydrogens (tertiary/aromatic N) is 4. The second kappa shape index (κ2) is 11.7. The molecule has 4 heterocycles. The van der Waals surface area contributed by atoms with Gasteiger partial charge in [0, 0.05) is 48.0 Å². The molecule has 0 amide bonds. The van der Waals surface area contributed by atoms with Crippen molar-refractivity contribution in [2.75, 3.05) is 0 Å². The van der Waals surface area contributed by atoms with E-state index in [0.29, 0.717) is 5.95 Å². The molecule has 0 unspecified atom stereocenters. The molecule has 5 heteroatoms. The summed E-state index contributed by atoms with van der Waals surface area (Å²) in [5, 5.41) is 10.8. The van der Waals surface area contributed by atoms with E-state index in [-0.39, 0.29) is 0 Å². The monoisotopic (exact) mass is 742 g/mol. The maximum atomic E-state index is 5.42. The number of hydrogen-bond acceptors (Lipinski definition) is 3. The Hall–Kier alpha value is -7.21. The second-order valence-electron chi connectivity index (χ2n) is 15.0. The summed E-state index contributed by atoms with van der Waals surface area (Å²) in [5.74, 6) is 0.683. The van der Waals surface area contributed by atoms with Crippen molar-refractivity contribution in [2.45, 2.75) is 9.79 Å². The third kappa shape index (κ3) is 4.52.